The summed E-state index contributed by atoms with van der Waals surface area (Å²) in [6.45, 7) is 1.36. The molecule has 9 heteroatoms. The molecule has 130 valence electrons. The molecule has 0 saturated heterocycles. The average Bonchev–Trinajstić information content (AvgIpc) is 2.57. The predicted molar refractivity (Wildman–Crippen MR) is 93.1 cm³/mol. The van der Waals surface area contributed by atoms with E-state index < -0.39 is 22.9 Å². The van der Waals surface area contributed by atoms with Gasteiger partial charge in [0, 0.05) is 22.8 Å². The van der Waals surface area contributed by atoms with Gasteiger partial charge in [-0.3, -0.25) is 14.9 Å². The molecule has 2 aromatic rings. The summed E-state index contributed by atoms with van der Waals surface area (Å²) in [5.74, 6) is -1.46. The Kier molecular flexibility index (Phi) is 5.95. The molecule has 0 radical (unpaired) electrons. The van der Waals surface area contributed by atoms with Crippen LogP contribution in [0.4, 0.5) is 11.4 Å². The minimum atomic E-state index is -1.15. The molecule has 0 bridgehead atoms. The molecule has 2 rings (SSSR count). The van der Waals surface area contributed by atoms with E-state index in [1.807, 2.05) is 0 Å². The number of rotatable bonds is 5. The molecule has 25 heavy (non-hydrogen) atoms. The number of anilines is 1. The lowest BCUT2D eigenvalue weighted by Crippen LogP contribution is -2.30. The van der Waals surface area contributed by atoms with Crippen LogP contribution in [-0.4, -0.2) is 22.9 Å². The Morgan fingerprint density at radius 3 is 2.60 bits per heavy atom. The number of benzene rings is 2. The SMILES string of the molecule is C[C@H](OC(=O)c1cc(Cl)ccc1Cl)C(=O)Nc1cccc([N+](=O)[O-])c1. The summed E-state index contributed by atoms with van der Waals surface area (Å²) in [7, 11) is 0. The molecule has 0 spiro atoms. The number of carbonyl (C=O) groups excluding carboxylic acids is 2. The molecule has 1 N–H and O–H groups in total. The molecule has 1 atom stereocenters. The van der Waals surface area contributed by atoms with Gasteiger partial charge in [0.15, 0.2) is 6.10 Å². The van der Waals surface area contributed by atoms with Gasteiger partial charge in [0.1, 0.15) is 0 Å². The second-order valence-corrected chi connectivity index (χ2v) is 5.81. The van der Waals surface area contributed by atoms with Gasteiger partial charge in [0.05, 0.1) is 15.5 Å². The van der Waals surface area contributed by atoms with Gasteiger partial charge in [-0.25, -0.2) is 4.79 Å². The van der Waals surface area contributed by atoms with Gasteiger partial charge in [0.25, 0.3) is 11.6 Å². The predicted octanol–water partition coefficient (Wildman–Crippen LogP) is 4.09. The number of nitrogens with one attached hydrogen (secondary N) is 1. The van der Waals surface area contributed by atoms with Crippen molar-refractivity contribution in [3.63, 3.8) is 0 Å². The maximum Gasteiger partial charge on any atom is 0.340 e. The van der Waals surface area contributed by atoms with E-state index in [0.29, 0.717) is 5.02 Å². The Labute approximate surface area is 152 Å². The van der Waals surface area contributed by atoms with E-state index in [2.05, 4.69) is 5.32 Å². The summed E-state index contributed by atoms with van der Waals surface area (Å²) in [5.41, 5.74) is 0.0696. The van der Waals surface area contributed by atoms with E-state index in [1.54, 1.807) is 0 Å². The van der Waals surface area contributed by atoms with E-state index in [1.165, 1.54) is 49.4 Å². The number of amides is 1. The van der Waals surface area contributed by atoms with Gasteiger partial charge < -0.3 is 10.1 Å². The quantitative estimate of drug-likeness (QED) is 0.477. The van der Waals surface area contributed by atoms with Crippen LogP contribution < -0.4 is 5.32 Å². The molecule has 0 aliphatic rings. The van der Waals surface area contributed by atoms with Crippen molar-refractivity contribution in [2.75, 3.05) is 5.32 Å². The monoisotopic (exact) mass is 382 g/mol. The van der Waals surface area contributed by atoms with Gasteiger partial charge in [-0.1, -0.05) is 29.3 Å². The van der Waals surface area contributed by atoms with Crippen LogP contribution in [0.15, 0.2) is 42.5 Å². The van der Waals surface area contributed by atoms with Crippen LogP contribution in [0.5, 0.6) is 0 Å². The highest BCUT2D eigenvalue weighted by molar-refractivity contribution is 6.35. The number of ether oxygens (including phenoxy) is 1. The first kappa shape index (κ1) is 18.7. The molecule has 1 amide bonds. The molecular weight excluding hydrogens is 371 g/mol. The Morgan fingerprint density at radius 1 is 1.20 bits per heavy atom. The summed E-state index contributed by atoms with van der Waals surface area (Å²) in [6, 6.07) is 9.68. The topological polar surface area (TPSA) is 98.5 Å². The van der Waals surface area contributed by atoms with E-state index >= 15 is 0 Å². The van der Waals surface area contributed by atoms with Gasteiger partial charge in [-0.05, 0) is 31.2 Å². The number of nitro benzene ring substituents is 1. The Bertz CT molecular complexity index is 841. The molecular formula is C16H12Cl2N2O5. The smallest absolute Gasteiger partial charge is 0.340 e. The van der Waals surface area contributed by atoms with E-state index in [0.717, 1.165) is 0 Å². The highest BCUT2D eigenvalue weighted by Gasteiger charge is 2.21. The molecule has 0 heterocycles. The van der Waals surface area contributed by atoms with Crippen molar-refractivity contribution in [3.05, 3.63) is 68.2 Å². The maximum atomic E-state index is 12.1. The third kappa shape index (κ3) is 4.91. The van der Waals surface area contributed by atoms with Crippen molar-refractivity contribution in [1.82, 2.24) is 0 Å². The van der Waals surface area contributed by atoms with Gasteiger partial charge in [-0.2, -0.15) is 0 Å². The summed E-state index contributed by atoms with van der Waals surface area (Å²) in [4.78, 5) is 34.3. The summed E-state index contributed by atoms with van der Waals surface area (Å²) < 4.78 is 5.06. The first-order chi connectivity index (χ1) is 11.8. The number of non-ortho nitro benzene ring substituents is 1. The van der Waals surface area contributed by atoms with Crippen LogP contribution >= 0.6 is 23.2 Å². The molecule has 0 aliphatic heterocycles. The van der Waals surface area contributed by atoms with Gasteiger partial charge >= 0.3 is 5.97 Å². The van der Waals surface area contributed by atoms with Crippen molar-refractivity contribution in [1.29, 1.82) is 0 Å². The van der Waals surface area contributed by atoms with E-state index in [-0.39, 0.29) is 22.0 Å². The lowest BCUT2D eigenvalue weighted by molar-refractivity contribution is -0.384. The zero-order valence-corrected chi connectivity index (χ0v) is 14.4. The van der Waals surface area contributed by atoms with Crippen molar-refractivity contribution in [3.8, 4) is 0 Å². The molecule has 0 unspecified atom stereocenters. The third-order valence-electron chi connectivity index (χ3n) is 3.13. The third-order valence-corrected chi connectivity index (χ3v) is 3.69. The van der Waals surface area contributed by atoms with E-state index in [4.69, 9.17) is 27.9 Å². The summed E-state index contributed by atoms with van der Waals surface area (Å²) in [6.07, 6.45) is -1.15. The fraction of sp³-hybridized carbons (Fsp3) is 0.125. The zero-order valence-electron chi connectivity index (χ0n) is 12.9. The summed E-state index contributed by atoms with van der Waals surface area (Å²) >= 11 is 11.7. The Hall–Kier alpha value is -2.64. The van der Waals surface area contributed by atoms with Crippen molar-refractivity contribution >= 4 is 46.5 Å². The highest BCUT2D eigenvalue weighted by Crippen LogP contribution is 2.22. The summed E-state index contributed by atoms with van der Waals surface area (Å²) in [5, 5.41) is 13.6. The first-order valence-electron chi connectivity index (χ1n) is 6.99. The van der Waals surface area contributed by atoms with Crippen LogP contribution in [0, 0.1) is 10.1 Å². The second-order valence-electron chi connectivity index (χ2n) is 4.97. The van der Waals surface area contributed by atoms with E-state index in [9.17, 15) is 19.7 Å². The van der Waals surface area contributed by atoms with Gasteiger partial charge in [0.2, 0.25) is 0 Å². The molecule has 0 saturated carbocycles. The zero-order chi connectivity index (χ0) is 18.6. The normalized spacial score (nSPS) is 11.5. The minimum Gasteiger partial charge on any atom is -0.449 e. The second kappa shape index (κ2) is 7.96. The van der Waals surface area contributed by atoms with Crippen LogP contribution in [0.1, 0.15) is 17.3 Å². The first-order valence-corrected chi connectivity index (χ1v) is 7.75. The van der Waals surface area contributed by atoms with Crippen LogP contribution in [0.25, 0.3) is 0 Å². The number of nitrogens with zero attached hydrogens (tertiary/aromatic N) is 1. The lowest BCUT2D eigenvalue weighted by Gasteiger charge is -2.14. The average molecular weight is 383 g/mol. The molecule has 0 aromatic heterocycles. The largest absolute Gasteiger partial charge is 0.449 e. The van der Waals surface area contributed by atoms with Crippen molar-refractivity contribution in [2.24, 2.45) is 0 Å². The molecule has 2 aromatic carbocycles. The maximum absolute atomic E-state index is 12.1. The van der Waals surface area contributed by atoms with Crippen molar-refractivity contribution in [2.45, 2.75) is 13.0 Å². The van der Waals surface area contributed by atoms with Crippen LogP contribution in [0.2, 0.25) is 10.0 Å². The number of esters is 1. The lowest BCUT2D eigenvalue weighted by atomic mass is 10.2. The molecule has 0 fully saturated rings. The van der Waals surface area contributed by atoms with Crippen molar-refractivity contribution < 1.29 is 19.2 Å². The highest BCUT2D eigenvalue weighted by atomic mass is 35.5. The molecule has 0 aliphatic carbocycles. The Balaban J connectivity index is 2.05. The fourth-order valence-electron chi connectivity index (χ4n) is 1.87. The number of halogens is 2. The Morgan fingerprint density at radius 2 is 1.92 bits per heavy atom. The molecule has 7 nitrogen and oxygen atoms in total. The van der Waals surface area contributed by atoms with Crippen LogP contribution in [0.3, 0.4) is 0 Å². The minimum absolute atomic E-state index is 0.0316. The number of hydrogen-bond acceptors (Lipinski definition) is 5. The number of nitro groups is 1. The number of carbonyl (C=O) groups is 2. The van der Waals surface area contributed by atoms with Crippen LogP contribution in [-0.2, 0) is 9.53 Å². The fourth-order valence-corrected chi connectivity index (χ4v) is 2.24. The number of hydrogen-bond donors (Lipinski definition) is 1. The standard InChI is InChI=1S/C16H12Cl2N2O5/c1-9(25-16(22)13-7-10(17)5-6-14(13)18)15(21)19-11-3-2-4-12(8-11)20(23)24/h2-9H,1H3,(H,19,21)/t9-/m0/s1. The van der Waals surface area contributed by atoms with Gasteiger partial charge in [-0.15, -0.1) is 0 Å².